The minimum Gasteiger partial charge on any atom is -0.508 e. The van der Waals surface area contributed by atoms with Crippen molar-refractivity contribution >= 4 is 11.8 Å². The third kappa shape index (κ3) is 9.68. The van der Waals surface area contributed by atoms with E-state index in [4.69, 9.17) is 10.00 Å². The van der Waals surface area contributed by atoms with Gasteiger partial charge >= 0.3 is 0 Å². The first kappa shape index (κ1) is 26.7. The number of phenolic OH excluding ortho intramolecular Hbond substituents is 1. The lowest BCUT2D eigenvalue weighted by atomic mass is 10.1. The summed E-state index contributed by atoms with van der Waals surface area (Å²) in [5, 5.41) is 18.0. The molecule has 5 rings (SSSR count). The molecule has 1 fully saturated rings. The van der Waals surface area contributed by atoms with Gasteiger partial charge in [0.05, 0.1) is 12.0 Å². The summed E-state index contributed by atoms with van der Waals surface area (Å²) in [4.78, 5) is 3.55. The van der Waals surface area contributed by atoms with E-state index in [0.717, 1.165) is 31.8 Å². The first-order valence-corrected chi connectivity index (χ1v) is 13.3. The molecule has 184 valence electrons. The summed E-state index contributed by atoms with van der Waals surface area (Å²) in [6.45, 7) is 7.74. The number of nitrogens with zero attached hydrogens (tertiary/aromatic N) is 2. The minimum absolute atomic E-state index is 0.219. The van der Waals surface area contributed by atoms with Crippen LogP contribution in [0.1, 0.15) is 29.5 Å². The van der Waals surface area contributed by atoms with Gasteiger partial charge in [0.2, 0.25) is 0 Å². The Bertz CT molecular complexity index is 1060. The fourth-order valence-electron chi connectivity index (χ4n) is 4.09. The fourth-order valence-corrected chi connectivity index (χ4v) is 5.15. The quantitative estimate of drug-likeness (QED) is 0.446. The molecule has 2 heterocycles. The number of benzene rings is 3. The number of ether oxygens (including phenoxy) is 1. The van der Waals surface area contributed by atoms with Gasteiger partial charge in [-0.3, -0.25) is 4.90 Å². The second-order valence-electron chi connectivity index (χ2n) is 8.98. The largest absolute Gasteiger partial charge is 0.508 e. The second-order valence-corrected chi connectivity index (χ2v) is 10.1. The van der Waals surface area contributed by atoms with E-state index in [-0.39, 0.29) is 5.92 Å². The molecule has 2 aliphatic rings. The van der Waals surface area contributed by atoms with E-state index < -0.39 is 0 Å². The maximum Gasteiger partial charge on any atom is 0.119 e. The van der Waals surface area contributed by atoms with E-state index in [1.165, 1.54) is 40.2 Å². The van der Waals surface area contributed by atoms with Gasteiger partial charge in [-0.1, -0.05) is 59.7 Å². The lowest BCUT2D eigenvalue weighted by Crippen LogP contribution is -2.26. The number of fused-ring (bicyclic) bond motifs is 1. The van der Waals surface area contributed by atoms with Gasteiger partial charge in [-0.25, -0.2) is 0 Å². The third-order valence-electron chi connectivity index (χ3n) is 5.95. The number of thioether (sulfide) groups is 1. The number of hydrogen-bond acceptors (Lipinski definition) is 5. The van der Waals surface area contributed by atoms with Crippen LogP contribution in [-0.2, 0) is 6.42 Å². The Balaban J connectivity index is 0.000000156. The zero-order valence-corrected chi connectivity index (χ0v) is 21.6. The summed E-state index contributed by atoms with van der Waals surface area (Å²) in [7, 11) is 0. The van der Waals surface area contributed by atoms with E-state index in [2.05, 4.69) is 49.1 Å². The molecule has 0 saturated carbocycles. The summed E-state index contributed by atoms with van der Waals surface area (Å²) in [5.41, 5.74) is 4.06. The molecule has 0 bridgehead atoms. The molecular formula is C30H36N2O2S. The molecule has 3 aromatic rings. The van der Waals surface area contributed by atoms with Gasteiger partial charge in [0, 0.05) is 18.0 Å². The number of nitriles is 1. The summed E-state index contributed by atoms with van der Waals surface area (Å²) in [6, 6.07) is 26.3. The summed E-state index contributed by atoms with van der Waals surface area (Å²) in [6.07, 6.45) is 3.44. The van der Waals surface area contributed by atoms with Crippen molar-refractivity contribution in [1.29, 1.82) is 5.26 Å². The van der Waals surface area contributed by atoms with Gasteiger partial charge in [0.1, 0.15) is 18.1 Å². The zero-order valence-electron chi connectivity index (χ0n) is 20.8. The van der Waals surface area contributed by atoms with Crippen molar-refractivity contribution in [3.05, 3.63) is 89.5 Å². The first-order valence-electron chi connectivity index (χ1n) is 12.3. The Morgan fingerprint density at radius 2 is 1.80 bits per heavy atom. The van der Waals surface area contributed by atoms with Gasteiger partial charge in [0.25, 0.3) is 0 Å². The molecule has 0 aliphatic carbocycles. The maximum absolute atomic E-state index is 9.17. The van der Waals surface area contributed by atoms with Crippen LogP contribution >= 0.6 is 11.8 Å². The molecule has 1 saturated heterocycles. The van der Waals surface area contributed by atoms with E-state index in [0.29, 0.717) is 12.4 Å². The Labute approximate surface area is 214 Å². The van der Waals surface area contributed by atoms with Gasteiger partial charge in [-0.15, -0.1) is 11.8 Å². The molecule has 1 unspecified atom stereocenters. The topological polar surface area (TPSA) is 56.5 Å². The zero-order chi connectivity index (χ0) is 24.9. The van der Waals surface area contributed by atoms with Crippen molar-refractivity contribution in [2.45, 2.75) is 38.0 Å². The summed E-state index contributed by atoms with van der Waals surface area (Å²) >= 11 is 1.84. The van der Waals surface area contributed by atoms with Crippen molar-refractivity contribution in [1.82, 2.24) is 4.90 Å². The van der Waals surface area contributed by atoms with Crippen LogP contribution < -0.4 is 4.74 Å². The molecule has 35 heavy (non-hydrogen) atoms. The van der Waals surface area contributed by atoms with Crippen LogP contribution in [0.4, 0.5) is 0 Å². The molecule has 4 nitrogen and oxygen atoms in total. The van der Waals surface area contributed by atoms with Gasteiger partial charge in [-0.2, -0.15) is 5.26 Å². The summed E-state index contributed by atoms with van der Waals surface area (Å²) in [5.74, 6) is 2.71. The normalized spacial score (nSPS) is 16.5. The van der Waals surface area contributed by atoms with Crippen LogP contribution in [0.2, 0.25) is 0 Å². The Morgan fingerprint density at radius 1 is 1.03 bits per heavy atom. The predicted molar refractivity (Wildman–Crippen MR) is 145 cm³/mol. The highest BCUT2D eigenvalue weighted by Gasteiger charge is 2.21. The van der Waals surface area contributed by atoms with Gasteiger partial charge in [-0.05, 0) is 75.2 Å². The van der Waals surface area contributed by atoms with Crippen molar-refractivity contribution < 1.29 is 9.84 Å². The average molecular weight is 489 g/mol. The highest BCUT2D eigenvalue weighted by molar-refractivity contribution is 7.99. The number of aromatic hydroxyl groups is 1. The molecule has 3 aromatic carbocycles. The van der Waals surface area contributed by atoms with Crippen LogP contribution in [0, 0.1) is 31.1 Å². The maximum atomic E-state index is 9.17. The van der Waals surface area contributed by atoms with Crippen molar-refractivity contribution in [3.8, 4) is 17.6 Å². The van der Waals surface area contributed by atoms with Crippen LogP contribution in [0.5, 0.6) is 11.5 Å². The molecular weight excluding hydrogens is 452 g/mol. The third-order valence-corrected chi connectivity index (χ3v) is 7.13. The monoisotopic (exact) mass is 488 g/mol. The number of likely N-dealkylation sites (tertiary alicyclic amines) is 1. The second kappa shape index (κ2) is 14.5. The Kier molecular flexibility index (Phi) is 11.0. The van der Waals surface area contributed by atoms with E-state index >= 15 is 0 Å². The van der Waals surface area contributed by atoms with E-state index in [1.807, 2.05) is 54.2 Å². The van der Waals surface area contributed by atoms with Crippen molar-refractivity contribution in [2.75, 3.05) is 32.0 Å². The van der Waals surface area contributed by atoms with Crippen LogP contribution in [-0.4, -0.2) is 42.0 Å². The van der Waals surface area contributed by atoms with E-state index in [1.54, 1.807) is 6.07 Å². The number of phenols is 1. The first-order chi connectivity index (χ1) is 17.0. The van der Waals surface area contributed by atoms with E-state index in [9.17, 15) is 5.11 Å². The molecule has 1 N–H and O–H groups in total. The molecule has 2 aliphatic heterocycles. The minimum atomic E-state index is 0.219. The molecule has 0 spiro atoms. The van der Waals surface area contributed by atoms with Crippen molar-refractivity contribution in [3.63, 3.8) is 0 Å². The SMILES string of the molecule is Cc1cccc(C)c1.N#CC1CCN(CCOc2ccccc2)C1.Oc1ccc2c(c1)SCCC2. The number of hydrogen-bond donors (Lipinski definition) is 1. The van der Waals surface area contributed by atoms with Gasteiger partial charge in [0.15, 0.2) is 0 Å². The molecule has 0 aromatic heterocycles. The summed E-state index contributed by atoms with van der Waals surface area (Å²) < 4.78 is 5.61. The fraction of sp³-hybridized carbons (Fsp3) is 0.367. The molecule has 1 atom stereocenters. The number of para-hydroxylation sites is 1. The lowest BCUT2D eigenvalue weighted by Gasteiger charge is -2.15. The number of aryl methyl sites for hydroxylation is 3. The highest BCUT2D eigenvalue weighted by atomic mass is 32.2. The lowest BCUT2D eigenvalue weighted by molar-refractivity contribution is 0.235. The molecule has 0 amide bonds. The smallest absolute Gasteiger partial charge is 0.119 e. The van der Waals surface area contributed by atoms with Gasteiger partial charge < -0.3 is 9.84 Å². The van der Waals surface area contributed by atoms with Crippen LogP contribution in [0.3, 0.4) is 0 Å². The van der Waals surface area contributed by atoms with Crippen molar-refractivity contribution in [2.24, 2.45) is 5.92 Å². The highest BCUT2D eigenvalue weighted by Crippen LogP contribution is 2.32. The van der Waals surface area contributed by atoms with Crippen LogP contribution in [0.15, 0.2) is 77.7 Å². The predicted octanol–water partition coefficient (Wildman–Crippen LogP) is 6.64. The van der Waals surface area contributed by atoms with Crippen LogP contribution in [0.25, 0.3) is 0 Å². The Hall–Kier alpha value is -2.94. The standard InChI is InChI=1S/C13H16N2O.C9H10OS.C8H10/c14-10-12-6-7-15(11-12)8-9-16-13-4-2-1-3-5-13;10-8-4-3-7-2-1-5-11-9(7)6-8;1-7-4-3-5-8(2)6-7/h1-5,12H,6-9,11H2;3-4,6,10H,1-2,5H2;3-6H,1-2H3. The molecule has 0 radical (unpaired) electrons. The average Bonchev–Trinajstić information content (AvgIpc) is 3.33. The Morgan fingerprint density at radius 3 is 2.46 bits per heavy atom. The number of rotatable bonds is 4. The molecule has 5 heteroatoms.